The molecule has 0 atom stereocenters. The molecule has 2 aromatic heterocycles. The Labute approximate surface area is 124 Å². The Kier molecular flexibility index (Phi) is 4.26. The predicted molar refractivity (Wildman–Crippen MR) is 80.0 cm³/mol. The zero-order valence-corrected chi connectivity index (χ0v) is 12.7. The van der Waals surface area contributed by atoms with Crippen LogP contribution in [0, 0.1) is 6.92 Å². The van der Waals surface area contributed by atoms with E-state index >= 15 is 0 Å². The van der Waals surface area contributed by atoms with Gasteiger partial charge in [-0.3, -0.25) is 4.79 Å². The summed E-state index contributed by atoms with van der Waals surface area (Å²) >= 11 is 0. The van der Waals surface area contributed by atoms with Crippen molar-refractivity contribution in [1.29, 1.82) is 0 Å². The lowest BCUT2D eigenvalue weighted by Gasteiger charge is -2.20. The topological polar surface area (TPSA) is 80.0 Å². The molecule has 6 heteroatoms. The predicted octanol–water partition coefficient (Wildman–Crippen LogP) is 2.52. The van der Waals surface area contributed by atoms with Crippen LogP contribution in [0.15, 0.2) is 28.9 Å². The van der Waals surface area contributed by atoms with E-state index in [4.69, 9.17) is 4.42 Å². The maximum Gasteiger partial charge on any atom is 0.270 e. The Morgan fingerprint density at radius 3 is 2.71 bits per heavy atom. The molecule has 0 aliphatic heterocycles. The van der Waals surface area contributed by atoms with Crippen molar-refractivity contribution < 1.29 is 9.21 Å². The zero-order chi connectivity index (χ0) is 15.5. The van der Waals surface area contributed by atoms with E-state index in [1.165, 1.54) is 0 Å². The maximum absolute atomic E-state index is 12.1. The van der Waals surface area contributed by atoms with Crippen molar-refractivity contribution in [2.24, 2.45) is 0 Å². The van der Waals surface area contributed by atoms with Crippen molar-refractivity contribution in [1.82, 2.24) is 15.3 Å². The standard InChI is InChI=1S/C15H20N4O2/c1-10-8-12(13(20)19-15(2,3)4)18-14(17-10)16-9-11-6-5-7-21-11/h5-8H,9H2,1-4H3,(H,19,20)(H,16,17,18). The molecule has 2 N–H and O–H groups in total. The highest BCUT2D eigenvalue weighted by Crippen LogP contribution is 2.09. The summed E-state index contributed by atoms with van der Waals surface area (Å²) in [5.41, 5.74) is 0.767. The molecule has 0 spiro atoms. The Hall–Kier alpha value is -2.37. The molecule has 112 valence electrons. The highest BCUT2D eigenvalue weighted by atomic mass is 16.3. The second-order valence-corrected chi connectivity index (χ2v) is 5.86. The van der Waals surface area contributed by atoms with Gasteiger partial charge in [-0.05, 0) is 45.9 Å². The van der Waals surface area contributed by atoms with E-state index < -0.39 is 0 Å². The number of aromatic nitrogens is 2. The molecule has 21 heavy (non-hydrogen) atoms. The summed E-state index contributed by atoms with van der Waals surface area (Å²) in [6.07, 6.45) is 1.61. The summed E-state index contributed by atoms with van der Waals surface area (Å²) in [6, 6.07) is 5.34. The Balaban J connectivity index is 2.11. The number of carbonyl (C=O) groups excluding carboxylic acids is 1. The number of nitrogens with zero attached hydrogens (tertiary/aromatic N) is 2. The number of hydrogen-bond acceptors (Lipinski definition) is 5. The normalized spacial score (nSPS) is 11.2. The van der Waals surface area contributed by atoms with Crippen LogP contribution in [0.4, 0.5) is 5.95 Å². The number of carbonyl (C=O) groups is 1. The van der Waals surface area contributed by atoms with E-state index in [-0.39, 0.29) is 11.4 Å². The summed E-state index contributed by atoms with van der Waals surface area (Å²) in [4.78, 5) is 20.7. The third-order valence-corrected chi connectivity index (χ3v) is 2.58. The lowest BCUT2D eigenvalue weighted by atomic mass is 10.1. The Morgan fingerprint density at radius 1 is 1.33 bits per heavy atom. The van der Waals surface area contributed by atoms with Gasteiger partial charge < -0.3 is 15.1 Å². The van der Waals surface area contributed by atoms with E-state index in [0.717, 1.165) is 11.5 Å². The van der Waals surface area contributed by atoms with Gasteiger partial charge in [0.2, 0.25) is 5.95 Å². The van der Waals surface area contributed by atoms with Crippen LogP contribution >= 0.6 is 0 Å². The lowest BCUT2D eigenvalue weighted by Crippen LogP contribution is -2.41. The highest BCUT2D eigenvalue weighted by molar-refractivity contribution is 5.93. The first kappa shape index (κ1) is 15.0. The van der Waals surface area contributed by atoms with Gasteiger partial charge in [0.25, 0.3) is 5.91 Å². The molecule has 6 nitrogen and oxygen atoms in total. The molecular weight excluding hydrogens is 268 g/mol. The highest BCUT2D eigenvalue weighted by Gasteiger charge is 2.17. The fraction of sp³-hybridized carbons (Fsp3) is 0.400. The van der Waals surface area contributed by atoms with Crippen LogP contribution in [0.5, 0.6) is 0 Å². The molecule has 2 aromatic rings. The molecule has 0 aromatic carbocycles. The SMILES string of the molecule is Cc1cc(C(=O)NC(C)(C)C)nc(NCc2ccco2)n1. The number of anilines is 1. The maximum atomic E-state index is 12.1. The van der Waals surface area contributed by atoms with E-state index in [9.17, 15) is 4.79 Å². The minimum absolute atomic E-state index is 0.214. The first-order valence-electron chi connectivity index (χ1n) is 6.78. The van der Waals surface area contributed by atoms with Crippen LogP contribution in [-0.2, 0) is 6.54 Å². The minimum Gasteiger partial charge on any atom is -0.467 e. The average Bonchev–Trinajstić information content (AvgIpc) is 2.86. The molecular formula is C15H20N4O2. The minimum atomic E-state index is -0.308. The third-order valence-electron chi connectivity index (χ3n) is 2.58. The monoisotopic (exact) mass is 288 g/mol. The summed E-state index contributed by atoms with van der Waals surface area (Å²) in [5, 5.41) is 5.93. The summed E-state index contributed by atoms with van der Waals surface area (Å²) in [5.74, 6) is 0.973. The second kappa shape index (κ2) is 5.95. The van der Waals surface area contributed by atoms with Crippen LogP contribution in [-0.4, -0.2) is 21.4 Å². The summed E-state index contributed by atoms with van der Waals surface area (Å²) < 4.78 is 5.23. The molecule has 0 bridgehead atoms. The fourth-order valence-electron chi connectivity index (χ4n) is 1.75. The van der Waals surface area contributed by atoms with Crippen LogP contribution in [0.1, 0.15) is 42.7 Å². The van der Waals surface area contributed by atoms with Crippen LogP contribution in [0.2, 0.25) is 0 Å². The smallest absolute Gasteiger partial charge is 0.270 e. The Morgan fingerprint density at radius 2 is 2.10 bits per heavy atom. The van der Waals surface area contributed by atoms with Crippen molar-refractivity contribution in [2.45, 2.75) is 39.8 Å². The van der Waals surface area contributed by atoms with Crippen LogP contribution in [0.25, 0.3) is 0 Å². The molecule has 2 heterocycles. The quantitative estimate of drug-likeness (QED) is 0.903. The van der Waals surface area contributed by atoms with Gasteiger partial charge >= 0.3 is 0 Å². The van der Waals surface area contributed by atoms with Gasteiger partial charge in [0, 0.05) is 11.2 Å². The van der Waals surface area contributed by atoms with E-state index in [2.05, 4.69) is 20.6 Å². The number of aryl methyl sites for hydroxylation is 1. The van der Waals surface area contributed by atoms with Crippen LogP contribution in [0.3, 0.4) is 0 Å². The van der Waals surface area contributed by atoms with Gasteiger partial charge in [0.1, 0.15) is 11.5 Å². The average molecular weight is 288 g/mol. The number of nitrogens with one attached hydrogen (secondary N) is 2. The van der Waals surface area contributed by atoms with Crippen molar-refractivity contribution in [2.75, 3.05) is 5.32 Å². The van der Waals surface area contributed by atoms with Crippen molar-refractivity contribution in [3.05, 3.63) is 41.6 Å². The lowest BCUT2D eigenvalue weighted by molar-refractivity contribution is 0.0914. The van der Waals surface area contributed by atoms with Gasteiger partial charge in [-0.15, -0.1) is 0 Å². The molecule has 1 amide bonds. The first-order chi connectivity index (χ1) is 9.83. The summed E-state index contributed by atoms with van der Waals surface area (Å²) in [6.45, 7) is 8.07. The van der Waals surface area contributed by atoms with Crippen molar-refractivity contribution >= 4 is 11.9 Å². The number of amides is 1. The summed E-state index contributed by atoms with van der Waals surface area (Å²) in [7, 11) is 0. The molecule has 2 rings (SSSR count). The Bertz CT molecular complexity index is 615. The number of furan rings is 1. The molecule has 0 aliphatic carbocycles. The first-order valence-corrected chi connectivity index (χ1v) is 6.78. The molecule has 0 aliphatic rings. The van der Waals surface area contributed by atoms with Crippen molar-refractivity contribution in [3.8, 4) is 0 Å². The molecule has 0 radical (unpaired) electrons. The molecule has 0 saturated heterocycles. The third kappa shape index (κ3) is 4.59. The van der Waals surface area contributed by atoms with Crippen LogP contribution < -0.4 is 10.6 Å². The number of hydrogen-bond donors (Lipinski definition) is 2. The van der Waals surface area contributed by atoms with Gasteiger partial charge in [0.15, 0.2) is 0 Å². The molecule has 0 fully saturated rings. The van der Waals surface area contributed by atoms with E-state index in [0.29, 0.717) is 18.2 Å². The van der Waals surface area contributed by atoms with E-state index in [1.54, 1.807) is 12.3 Å². The van der Waals surface area contributed by atoms with Gasteiger partial charge in [-0.2, -0.15) is 0 Å². The van der Waals surface area contributed by atoms with Gasteiger partial charge in [-0.25, -0.2) is 9.97 Å². The molecule has 0 saturated carbocycles. The second-order valence-electron chi connectivity index (χ2n) is 5.86. The molecule has 0 unspecified atom stereocenters. The number of rotatable bonds is 4. The fourth-order valence-corrected chi connectivity index (χ4v) is 1.75. The van der Waals surface area contributed by atoms with E-state index in [1.807, 2.05) is 39.8 Å². The largest absolute Gasteiger partial charge is 0.467 e. The van der Waals surface area contributed by atoms with Crippen molar-refractivity contribution in [3.63, 3.8) is 0 Å². The van der Waals surface area contributed by atoms with Gasteiger partial charge in [0.05, 0.1) is 12.8 Å². The zero-order valence-electron chi connectivity index (χ0n) is 12.7. The van der Waals surface area contributed by atoms with Gasteiger partial charge in [-0.1, -0.05) is 0 Å².